The van der Waals surface area contributed by atoms with E-state index in [0.29, 0.717) is 16.7 Å². The summed E-state index contributed by atoms with van der Waals surface area (Å²) in [6.45, 7) is 8.00. The summed E-state index contributed by atoms with van der Waals surface area (Å²) < 4.78 is 5.31. The Labute approximate surface area is 121 Å². The normalized spacial score (nSPS) is 25.5. The van der Waals surface area contributed by atoms with E-state index in [1.807, 2.05) is 17.8 Å². The molecule has 0 aromatic heterocycles. The van der Waals surface area contributed by atoms with Crippen LogP contribution in [0.1, 0.15) is 33.6 Å². The van der Waals surface area contributed by atoms with Crippen molar-refractivity contribution in [3.8, 4) is 5.75 Å². The van der Waals surface area contributed by atoms with Crippen LogP contribution in [0.15, 0.2) is 29.2 Å². The van der Waals surface area contributed by atoms with Gasteiger partial charge >= 0.3 is 0 Å². The topological polar surface area (TPSA) is 21.3 Å². The molecule has 3 heteroatoms. The molecule has 2 nitrogen and oxygen atoms in total. The molecule has 106 valence electrons. The number of ether oxygens (including phenoxy) is 1. The van der Waals surface area contributed by atoms with Crippen LogP contribution in [-0.4, -0.2) is 24.9 Å². The summed E-state index contributed by atoms with van der Waals surface area (Å²) in [5, 5.41) is 4.34. The minimum absolute atomic E-state index is 0.395. The summed E-state index contributed by atoms with van der Waals surface area (Å²) in [5.74, 6) is 0.947. The Hall–Kier alpha value is -0.670. The van der Waals surface area contributed by atoms with Crippen LogP contribution in [0.2, 0.25) is 0 Å². The number of thioether (sulfide) groups is 1. The van der Waals surface area contributed by atoms with Crippen molar-refractivity contribution in [1.82, 2.24) is 5.32 Å². The molecule has 1 saturated carbocycles. The first-order valence-electron chi connectivity index (χ1n) is 7.11. The molecule has 1 N–H and O–H groups in total. The van der Waals surface area contributed by atoms with Gasteiger partial charge in [0.1, 0.15) is 5.75 Å². The van der Waals surface area contributed by atoms with Crippen molar-refractivity contribution < 1.29 is 4.74 Å². The Morgan fingerprint density at radius 1 is 1.42 bits per heavy atom. The predicted octanol–water partition coefficient (Wildman–Crippen LogP) is 3.95. The lowest BCUT2D eigenvalue weighted by atomic mass is 9.87. The van der Waals surface area contributed by atoms with Crippen LogP contribution >= 0.6 is 11.8 Å². The number of rotatable bonds is 5. The maximum Gasteiger partial charge on any atom is 0.119 e. The van der Waals surface area contributed by atoms with E-state index in [-0.39, 0.29) is 0 Å². The first-order chi connectivity index (χ1) is 9.06. The van der Waals surface area contributed by atoms with Gasteiger partial charge in [0.2, 0.25) is 0 Å². The van der Waals surface area contributed by atoms with E-state index in [9.17, 15) is 0 Å². The molecule has 0 radical (unpaired) electrons. The van der Waals surface area contributed by atoms with Crippen molar-refractivity contribution in [3.05, 3.63) is 24.3 Å². The molecule has 1 aromatic carbocycles. The maximum atomic E-state index is 5.31. The summed E-state index contributed by atoms with van der Waals surface area (Å²) in [6.07, 6.45) is 2.58. The Balaban J connectivity index is 2.09. The van der Waals surface area contributed by atoms with Gasteiger partial charge in [-0.05, 0) is 43.0 Å². The number of nitrogens with one attached hydrogen (secondary N) is 1. The van der Waals surface area contributed by atoms with E-state index >= 15 is 0 Å². The Morgan fingerprint density at radius 3 is 2.89 bits per heavy atom. The van der Waals surface area contributed by atoms with Gasteiger partial charge in [-0.25, -0.2) is 0 Å². The fourth-order valence-corrected chi connectivity index (χ4v) is 4.47. The minimum atomic E-state index is 0.395. The molecule has 1 aliphatic rings. The number of hydrogen-bond donors (Lipinski definition) is 1. The zero-order valence-corrected chi connectivity index (χ0v) is 13.2. The fraction of sp³-hybridized carbons (Fsp3) is 0.625. The van der Waals surface area contributed by atoms with Gasteiger partial charge in [-0.15, -0.1) is 11.8 Å². The third kappa shape index (κ3) is 3.46. The van der Waals surface area contributed by atoms with Crippen LogP contribution in [0.25, 0.3) is 0 Å². The van der Waals surface area contributed by atoms with Gasteiger partial charge in [0, 0.05) is 16.2 Å². The quantitative estimate of drug-likeness (QED) is 0.881. The Kier molecular flexibility index (Phi) is 4.80. The standard InChI is InChI=1S/C16H25NOS/c1-5-17-15-14(9-10-16(15,2)3)19-13-8-6-7-12(11-13)18-4/h6-8,11,14-15,17H,5,9-10H2,1-4H3. The summed E-state index contributed by atoms with van der Waals surface area (Å²) >= 11 is 1.99. The largest absolute Gasteiger partial charge is 0.497 e. The predicted molar refractivity (Wildman–Crippen MR) is 83.1 cm³/mol. The third-order valence-corrected chi connectivity index (χ3v) is 5.38. The minimum Gasteiger partial charge on any atom is -0.497 e. The molecule has 1 fully saturated rings. The van der Waals surface area contributed by atoms with Crippen molar-refractivity contribution in [1.29, 1.82) is 0 Å². The molecule has 1 aliphatic carbocycles. The molecule has 0 saturated heterocycles. The fourth-order valence-electron chi connectivity index (χ4n) is 2.94. The Bertz CT molecular complexity index is 419. The second-order valence-electron chi connectivity index (χ2n) is 5.90. The van der Waals surface area contributed by atoms with Crippen LogP contribution in [0.5, 0.6) is 5.75 Å². The van der Waals surface area contributed by atoms with E-state index in [1.54, 1.807) is 7.11 Å². The average molecular weight is 279 g/mol. The zero-order valence-electron chi connectivity index (χ0n) is 12.4. The van der Waals surface area contributed by atoms with Crippen LogP contribution in [0.3, 0.4) is 0 Å². The number of hydrogen-bond acceptors (Lipinski definition) is 3. The molecular formula is C16H25NOS. The van der Waals surface area contributed by atoms with E-state index in [4.69, 9.17) is 4.74 Å². The second kappa shape index (κ2) is 6.19. The molecular weight excluding hydrogens is 254 g/mol. The molecule has 0 aliphatic heterocycles. The lowest BCUT2D eigenvalue weighted by Crippen LogP contribution is -2.43. The highest BCUT2D eigenvalue weighted by Crippen LogP contribution is 2.45. The number of benzene rings is 1. The monoisotopic (exact) mass is 279 g/mol. The van der Waals surface area contributed by atoms with Gasteiger partial charge in [-0.1, -0.05) is 26.8 Å². The molecule has 2 rings (SSSR count). The van der Waals surface area contributed by atoms with E-state index in [0.717, 1.165) is 12.3 Å². The van der Waals surface area contributed by atoms with Crippen LogP contribution in [0.4, 0.5) is 0 Å². The van der Waals surface area contributed by atoms with E-state index in [1.165, 1.54) is 17.7 Å². The SMILES string of the molecule is CCNC1C(Sc2cccc(OC)c2)CCC1(C)C. The van der Waals surface area contributed by atoms with E-state index < -0.39 is 0 Å². The van der Waals surface area contributed by atoms with Crippen molar-refractivity contribution in [2.75, 3.05) is 13.7 Å². The van der Waals surface area contributed by atoms with Crippen LogP contribution in [-0.2, 0) is 0 Å². The average Bonchev–Trinajstić information content (AvgIpc) is 2.67. The van der Waals surface area contributed by atoms with E-state index in [2.05, 4.69) is 44.3 Å². The second-order valence-corrected chi connectivity index (χ2v) is 7.21. The van der Waals surface area contributed by atoms with Crippen molar-refractivity contribution >= 4 is 11.8 Å². The maximum absolute atomic E-state index is 5.31. The molecule has 19 heavy (non-hydrogen) atoms. The van der Waals surface area contributed by atoms with Crippen LogP contribution < -0.4 is 10.1 Å². The van der Waals surface area contributed by atoms with Gasteiger partial charge < -0.3 is 10.1 Å². The molecule has 2 unspecified atom stereocenters. The van der Waals surface area contributed by atoms with Gasteiger partial charge in [0.15, 0.2) is 0 Å². The Morgan fingerprint density at radius 2 is 2.21 bits per heavy atom. The molecule has 0 heterocycles. The highest BCUT2D eigenvalue weighted by Gasteiger charge is 2.41. The van der Waals surface area contributed by atoms with Gasteiger partial charge in [0.25, 0.3) is 0 Å². The molecule has 2 atom stereocenters. The lowest BCUT2D eigenvalue weighted by molar-refractivity contribution is 0.290. The van der Waals surface area contributed by atoms with Crippen molar-refractivity contribution in [2.45, 2.75) is 49.8 Å². The van der Waals surface area contributed by atoms with Crippen molar-refractivity contribution in [2.24, 2.45) is 5.41 Å². The highest BCUT2D eigenvalue weighted by atomic mass is 32.2. The number of methoxy groups -OCH3 is 1. The first-order valence-corrected chi connectivity index (χ1v) is 7.99. The van der Waals surface area contributed by atoms with Crippen LogP contribution in [0, 0.1) is 5.41 Å². The van der Waals surface area contributed by atoms with Crippen molar-refractivity contribution in [3.63, 3.8) is 0 Å². The summed E-state index contributed by atoms with van der Waals surface area (Å²) in [6, 6.07) is 8.99. The molecule has 0 amide bonds. The van der Waals surface area contributed by atoms with Gasteiger partial charge in [-0.3, -0.25) is 0 Å². The highest BCUT2D eigenvalue weighted by molar-refractivity contribution is 8.00. The first kappa shape index (κ1) is 14.7. The smallest absolute Gasteiger partial charge is 0.119 e. The molecule has 0 spiro atoms. The summed E-state index contributed by atoms with van der Waals surface area (Å²) in [7, 11) is 1.73. The molecule has 0 bridgehead atoms. The third-order valence-electron chi connectivity index (χ3n) is 4.04. The summed E-state index contributed by atoms with van der Waals surface area (Å²) in [4.78, 5) is 1.31. The zero-order chi connectivity index (χ0) is 13.9. The summed E-state index contributed by atoms with van der Waals surface area (Å²) in [5.41, 5.74) is 0.395. The van der Waals surface area contributed by atoms with Gasteiger partial charge in [-0.2, -0.15) is 0 Å². The molecule has 1 aromatic rings. The van der Waals surface area contributed by atoms with Gasteiger partial charge in [0.05, 0.1) is 7.11 Å². The lowest BCUT2D eigenvalue weighted by Gasteiger charge is -2.31.